The average molecular weight is 185 g/mol. The Labute approximate surface area is 77.2 Å². The summed E-state index contributed by atoms with van der Waals surface area (Å²) in [5.74, 6) is -0.0665. The lowest BCUT2D eigenvalue weighted by Crippen LogP contribution is -2.28. The molecule has 0 aromatic rings. The Morgan fingerprint density at radius 1 is 1.38 bits per heavy atom. The summed E-state index contributed by atoms with van der Waals surface area (Å²) in [6.07, 6.45) is 5.94. The summed E-state index contributed by atoms with van der Waals surface area (Å²) in [4.78, 5) is 10.9. The summed E-state index contributed by atoms with van der Waals surface area (Å²) in [5.41, 5.74) is 1.61. The van der Waals surface area contributed by atoms with E-state index >= 15 is 0 Å². The molecule has 0 fully saturated rings. The molecule has 0 aromatic heterocycles. The lowest BCUT2D eigenvalue weighted by Gasteiger charge is -2.25. The van der Waals surface area contributed by atoms with E-state index < -0.39 is 0 Å². The van der Waals surface area contributed by atoms with Gasteiger partial charge in [-0.05, 0) is 24.7 Å². The molecule has 2 atom stereocenters. The number of amides is 1. The fourth-order valence-electron chi connectivity index (χ4n) is 1.68. The van der Waals surface area contributed by atoms with Gasteiger partial charge in [0.25, 0.3) is 0 Å². The average Bonchev–Trinajstić information content (AvgIpc) is 2.18. The minimum absolute atomic E-state index is 0.105. The zero-order valence-corrected chi connectivity index (χ0v) is 7.44. The highest BCUT2D eigenvalue weighted by molar-refractivity contribution is 5.74. The van der Waals surface area contributed by atoms with Crippen LogP contribution >= 0.6 is 0 Å². The fraction of sp³-hybridized carbons (Fsp3) is 0.667. The van der Waals surface area contributed by atoms with Gasteiger partial charge in [-0.2, -0.15) is 0 Å². The van der Waals surface area contributed by atoms with E-state index in [0.717, 1.165) is 12.8 Å². The first-order valence-electron chi connectivity index (χ1n) is 4.46. The fourth-order valence-corrected chi connectivity index (χ4v) is 1.68. The topological polar surface area (TPSA) is 69.6 Å². The maximum absolute atomic E-state index is 10.9. The first-order chi connectivity index (χ1) is 6.27. The predicted molar refractivity (Wildman–Crippen MR) is 47.0 cm³/mol. The molecule has 1 rings (SSSR count). The van der Waals surface area contributed by atoms with Crippen molar-refractivity contribution in [3.05, 3.63) is 12.2 Å². The predicted octanol–water partition coefficient (Wildman–Crippen LogP) is 0.457. The number of aliphatic hydroxyl groups excluding tert-OH is 1. The van der Waals surface area contributed by atoms with Crippen LogP contribution in [0.1, 0.15) is 19.3 Å². The standard InChI is InChI=1S/C9H15NO3/c11-6-8-4-2-1-3-7(8)5-9(12)10-13/h1-2,7-8,11,13H,3-6H2,(H,10,12)/t7?,8-/m0/s1. The number of carbonyl (C=O) groups is 1. The van der Waals surface area contributed by atoms with Crippen LogP contribution in [0.15, 0.2) is 12.2 Å². The van der Waals surface area contributed by atoms with Crippen LogP contribution in [0.25, 0.3) is 0 Å². The maximum Gasteiger partial charge on any atom is 0.243 e. The summed E-state index contributed by atoms with van der Waals surface area (Å²) in [5, 5.41) is 17.4. The van der Waals surface area contributed by atoms with Crippen LogP contribution in [0.5, 0.6) is 0 Å². The quantitative estimate of drug-likeness (QED) is 0.340. The number of aliphatic hydroxyl groups is 1. The molecule has 0 heterocycles. The van der Waals surface area contributed by atoms with Gasteiger partial charge in [0.2, 0.25) is 5.91 Å². The number of rotatable bonds is 3. The molecule has 0 aromatic carbocycles. The smallest absolute Gasteiger partial charge is 0.243 e. The van der Waals surface area contributed by atoms with Crippen LogP contribution in [0.2, 0.25) is 0 Å². The number of nitrogens with one attached hydrogen (secondary N) is 1. The zero-order valence-electron chi connectivity index (χ0n) is 7.44. The zero-order chi connectivity index (χ0) is 9.68. The molecule has 1 amide bonds. The van der Waals surface area contributed by atoms with E-state index in [4.69, 9.17) is 10.3 Å². The van der Waals surface area contributed by atoms with Crippen molar-refractivity contribution in [2.45, 2.75) is 19.3 Å². The first kappa shape index (κ1) is 10.2. The van der Waals surface area contributed by atoms with Gasteiger partial charge in [-0.1, -0.05) is 12.2 Å². The summed E-state index contributed by atoms with van der Waals surface area (Å²) >= 11 is 0. The third-order valence-corrected chi connectivity index (χ3v) is 2.52. The first-order valence-corrected chi connectivity index (χ1v) is 4.46. The Morgan fingerprint density at radius 2 is 2.00 bits per heavy atom. The third-order valence-electron chi connectivity index (χ3n) is 2.52. The molecule has 4 heteroatoms. The Kier molecular flexibility index (Phi) is 3.92. The highest BCUT2D eigenvalue weighted by Gasteiger charge is 2.23. The van der Waals surface area contributed by atoms with E-state index in [2.05, 4.69) is 0 Å². The minimum atomic E-state index is -0.376. The van der Waals surface area contributed by atoms with Gasteiger partial charge in [-0.15, -0.1) is 0 Å². The van der Waals surface area contributed by atoms with E-state index in [0.29, 0.717) is 0 Å². The van der Waals surface area contributed by atoms with Crippen LogP contribution in [-0.2, 0) is 4.79 Å². The van der Waals surface area contributed by atoms with Crippen molar-refractivity contribution in [3.8, 4) is 0 Å². The molecule has 0 aliphatic heterocycles. The van der Waals surface area contributed by atoms with Crippen molar-refractivity contribution in [1.29, 1.82) is 0 Å². The highest BCUT2D eigenvalue weighted by Crippen LogP contribution is 2.27. The van der Waals surface area contributed by atoms with Crippen molar-refractivity contribution in [3.63, 3.8) is 0 Å². The Balaban J connectivity index is 2.46. The van der Waals surface area contributed by atoms with Crippen LogP contribution in [0.3, 0.4) is 0 Å². The maximum atomic E-state index is 10.9. The van der Waals surface area contributed by atoms with Gasteiger partial charge < -0.3 is 5.11 Å². The summed E-state index contributed by atoms with van der Waals surface area (Å²) in [6, 6.07) is 0. The second kappa shape index (κ2) is 4.99. The molecule has 1 aliphatic carbocycles. The molecule has 1 aliphatic rings. The van der Waals surface area contributed by atoms with Gasteiger partial charge in [0.05, 0.1) is 0 Å². The highest BCUT2D eigenvalue weighted by atomic mass is 16.5. The Morgan fingerprint density at radius 3 is 2.54 bits per heavy atom. The van der Waals surface area contributed by atoms with Crippen molar-refractivity contribution >= 4 is 5.91 Å². The Hall–Kier alpha value is -0.870. The van der Waals surface area contributed by atoms with Gasteiger partial charge >= 0.3 is 0 Å². The van der Waals surface area contributed by atoms with E-state index in [1.54, 1.807) is 5.48 Å². The van der Waals surface area contributed by atoms with Crippen molar-refractivity contribution < 1.29 is 15.1 Å². The number of allylic oxidation sites excluding steroid dienone is 2. The van der Waals surface area contributed by atoms with Crippen molar-refractivity contribution in [1.82, 2.24) is 5.48 Å². The molecule has 4 nitrogen and oxygen atoms in total. The second-order valence-electron chi connectivity index (χ2n) is 3.38. The van der Waals surface area contributed by atoms with Gasteiger partial charge in [0.1, 0.15) is 0 Å². The molecule has 13 heavy (non-hydrogen) atoms. The molecule has 74 valence electrons. The lowest BCUT2D eigenvalue weighted by molar-refractivity contribution is -0.130. The van der Waals surface area contributed by atoms with Gasteiger partial charge in [0.15, 0.2) is 0 Å². The van der Waals surface area contributed by atoms with E-state index in [-0.39, 0.29) is 30.8 Å². The molecule has 0 radical (unpaired) electrons. The van der Waals surface area contributed by atoms with Gasteiger partial charge in [-0.25, -0.2) is 5.48 Å². The minimum Gasteiger partial charge on any atom is -0.396 e. The molecule has 0 saturated heterocycles. The van der Waals surface area contributed by atoms with E-state index in [9.17, 15) is 4.79 Å². The van der Waals surface area contributed by atoms with Gasteiger partial charge in [-0.3, -0.25) is 10.0 Å². The summed E-state index contributed by atoms with van der Waals surface area (Å²) in [7, 11) is 0. The van der Waals surface area contributed by atoms with Crippen LogP contribution in [0, 0.1) is 11.8 Å². The largest absolute Gasteiger partial charge is 0.396 e. The van der Waals surface area contributed by atoms with Gasteiger partial charge in [0, 0.05) is 13.0 Å². The summed E-state index contributed by atoms with van der Waals surface area (Å²) < 4.78 is 0. The van der Waals surface area contributed by atoms with Crippen LogP contribution in [0.4, 0.5) is 0 Å². The normalized spacial score (nSPS) is 27.2. The lowest BCUT2D eigenvalue weighted by atomic mass is 9.81. The third kappa shape index (κ3) is 2.82. The molecule has 0 bridgehead atoms. The summed E-state index contributed by atoms with van der Waals surface area (Å²) in [6.45, 7) is 0.105. The molecule has 0 spiro atoms. The Bertz CT molecular complexity index is 203. The molecule has 0 saturated carbocycles. The number of hydrogen-bond donors (Lipinski definition) is 3. The molecule has 3 N–H and O–H groups in total. The van der Waals surface area contributed by atoms with E-state index in [1.165, 1.54) is 0 Å². The monoisotopic (exact) mass is 185 g/mol. The number of hydroxylamine groups is 1. The van der Waals surface area contributed by atoms with E-state index in [1.807, 2.05) is 12.2 Å². The van der Waals surface area contributed by atoms with Crippen molar-refractivity contribution in [2.75, 3.05) is 6.61 Å². The molecular weight excluding hydrogens is 170 g/mol. The molecule has 1 unspecified atom stereocenters. The van der Waals surface area contributed by atoms with Crippen molar-refractivity contribution in [2.24, 2.45) is 11.8 Å². The SMILES string of the molecule is O=C(CC1CC=CC[C@H]1CO)NO. The number of carbonyl (C=O) groups excluding carboxylic acids is 1. The second-order valence-corrected chi connectivity index (χ2v) is 3.38. The molecular formula is C9H15NO3. The van der Waals surface area contributed by atoms with Crippen LogP contribution in [-0.4, -0.2) is 22.8 Å². The van der Waals surface area contributed by atoms with Crippen LogP contribution < -0.4 is 5.48 Å². The number of hydrogen-bond acceptors (Lipinski definition) is 3.